The molecule has 6 nitrogen and oxygen atoms in total. The highest BCUT2D eigenvalue weighted by Crippen LogP contribution is 2.32. The van der Waals surface area contributed by atoms with Crippen LogP contribution in [-0.2, 0) is 4.79 Å². The quantitative estimate of drug-likeness (QED) is 0.833. The van der Waals surface area contributed by atoms with Gasteiger partial charge in [0.15, 0.2) is 11.5 Å². The number of carbonyl (C=O) groups excluding carboxylic acids is 2. The molecule has 27 heavy (non-hydrogen) atoms. The first kappa shape index (κ1) is 18.8. The lowest BCUT2D eigenvalue weighted by Crippen LogP contribution is -2.57. The molecule has 142 valence electrons. The lowest BCUT2D eigenvalue weighted by Gasteiger charge is -2.39. The molecule has 0 radical (unpaired) electrons. The summed E-state index contributed by atoms with van der Waals surface area (Å²) in [5.41, 5.74) is 2.38. The van der Waals surface area contributed by atoms with Crippen molar-refractivity contribution in [3.05, 3.63) is 53.6 Å². The predicted molar refractivity (Wildman–Crippen MR) is 104 cm³/mol. The molecule has 0 unspecified atom stereocenters. The first-order chi connectivity index (χ1) is 13.0. The standard InChI is InChI=1S/C21H24N2O4/c1-14-8-10-16(11-9-14)23-12-15(2)22(13-19(23)24)21(25)17-6-5-7-18(26-3)20(17)27-4/h5-11,15H,12-13H2,1-4H3/t15-/m0/s1. The van der Waals surface area contributed by atoms with Gasteiger partial charge in [-0.2, -0.15) is 0 Å². The molecule has 1 fully saturated rings. The van der Waals surface area contributed by atoms with Crippen LogP contribution in [0.15, 0.2) is 42.5 Å². The fraction of sp³-hybridized carbons (Fsp3) is 0.333. The highest BCUT2D eigenvalue weighted by molar-refractivity contribution is 6.03. The van der Waals surface area contributed by atoms with Crippen molar-refractivity contribution in [2.24, 2.45) is 0 Å². The van der Waals surface area contributed by atoms with Crippen LogP contribution in [0.4, 0.5) is 5.69 Å². The molecular formula is C21H24N2O4. The van der Waals surface area contributed by atoms with E-state index in [-0.39, 0.29) is 24.4 Å². The zero-order valence-corrected chi connectivity index (χ0v) is 16.1. The topological polar surface area (TPSA) is 59.1 Å². The first-order valence-electron chi connectivity index (χ1n) is 8.85. The van der Waals surface area contributed by atoms with Crippen LogP contribution in [0.2, 0.25) is 0 Å². The second kappa shape index (κ2) is 7.70. The van der Waals surface area contributed by atoms with Crippen LogP contribution in [0, 0.1) is 6.92 Å². The summed E-state index contributed by atoms with van der Waals surface area (Å²) >= 11 is 0. The molecule has 0 N–H and O–H groups in total. The monoisotopic (exact) mass is 368 g/mol. The van der Waals surface area contributed by atoms with Crippen molar-refractivity contribution >= 4 is 17.5 Å². The molecule has 2 aromatic rings. The Bertz CT molecular complexity index is 848. The van der Waals surface area contributed by atoms with Gasteiger partial charge in [0.05, 0.1) is 19.8 Å². The lowest BCUT2D eigenvalue weighted by atomic mass is 10.1. The maximum absolute atomic E-state index is 13.1. The Kier molecular flexibility index (Phi) is 5.35. The molecule has 1 saturated heterocycles. The Hall–Kier alpha value is -3.02. The van der Waals surface area contributed by atoms with Crippen molar-refractivity contribution < 1.29 is 19.1 Å². The van der Waals surface area contributed by atoms with Gasteiger partial charge in [-0.3, -0.25) is 9.59 Å². The van der Waals surface area contributed by atoms with E-state index in [0.717, 1.165) is 11.3 Å². The van der Waals surface area contributed by atoms with Gasteiger partial charge in [-0.05, 0) is 38.1 Å². The summed E-state index contributed by atoms with van der Waals surface area (Å²) in [5, 5.41) is 0. The predicted octanol–water partition coefficient (Wildman–Crippen LogP) is 2.89. The van der Waals surface area contributed by atoms with E-state index in [0.29, 0.717) is 23.6 Å². The molecule has 0 saturated carbocycles. The van der Waals surface area contributed by atoms with Gasteiger partial charge in [0.2, 0.25) is 5.91 Å². The maximum atomic E-state index is 13.1. The normalized spacial score (nSPS) is 17.0. The summed E-state index contributed by atoms with van der Waals surface area (Å²) in [7, 11) is 3.02. The largest absolute Gasteiger partial charge is 0.493 e. The summed E-state index contributed by atoms with van der Waals surface area (Å²) < 4.78 is 10.7. The molecule has 3 rings (SSSR count). The van der Waals surface area contributed by atoms with Gasteiger partial charge in [0.1, 0.15) is 6.54 Å². The summed E-state index contributed by atoms with van der Waals surface area (Å²) in [4.78, 5) is 29.2. The molecule has 1 atom stereocenters. The van der Waals surface area contributed by atoms with Crippen LogP contribution >= 0.6 is 0 Å². The number of aryl methyl sites for hydroxylation is 1. The molecule has 1 aliphatic rings. The second-order valence-electron chi connectivity index (χ2n) is 6.66. The molecular weight excluding hydrogens is 344 g/mol. The van der Waals surface area contributed by atoms with Crippen molar-refractivity contribution in [2.75, 3.05) is 32.2 Å². The molecule has 2 amide bonds. The number of ether oxygens (including phenoxy) is 2. The Morgan fingerprint density at radius 1 is 1.07 bits per heavy atom. The molecule has 0 aromatic heterocycles. The number of anilines is 1. The molecule has 2 aromatic carbocycles. The van der Waals surface area contributed by atoms with Crippen LogP contribution in [0.1, 0.15) is 22.8 Å². The van der Waals surface area contributed by atoms with Crippen LogP contribution in [0.5, 0.6) is 11.5 Å². The first-order valence-corrected chi connectivity index (χ1v) is 8.85. The van der Waals surface area contributed by atoms with Crippen molar-refractivity contribution in [2.45, 2.75) is 19.9 Å². The fourth-order valence-corrected chi connectivity index (χ4v) is 3.31. The van der Waals surface area contributed by atoms with Gasteiger partial charge in [0.25, 0.3) is 5.91 Å². The third-order valence-electron chi connectivity index (χ3n) is 4.83. The van der Waals surface area contributed by atoms with Crippen molar-refractivity contribution in [3.63, 3.8) is 0 Å². The number of amides is 2. The summed E-state index contributed by atoms with van der Waals surface area (Å²) in [6.07, 6.45) is 0. The van der Waals surface area contributed by atoms with Gasteiger partial charge in [-0.15, -0.1) is 0 Å². The van der Waals surface area contributed by atoms with Crippen LogP contribution in [0.3, 0.4) is 0 Å². The number of rotatable bonds is 4. The average molecular weight is 368 g/mol. The Morgan fingerprint density at radius 3 is 2.41 bits per heavy atom. The Labute approximate surface area is 159 Å². The minimum absolute atomic E-state index is 0.0221. The number of para-hydroxylation sites is 1. The number of benzene rings is 2. The average Bonchev–Trinajstić information content (AvgIpc) is 2.68. The molecule has 0 bridgehead atoms. The molecule has 0 spiro atoms. The van der Waals surface area contributed by atoms with E-state index >= 15 is 0 Å². The van der Waals surface area contributed by atoms with Gasteiger partial charge in [-0.25, -0.2) is 0 Å². The summed E-state index contributed by atoms with van der Waals surface area (Å²) in [5.74, 6) is 0.522. The van der Waals surface area contributed by atoms with Crippen LogP contribution < -0.4 is 14.4 Å². The van der Waals surface area contributed by atoms with E-state index in [9.17, 15) is 9.59 Å². The summed E-state index contributed by atoms with van der Waals surface area (Å²) in [6.45, 7) is 4.42. The number of nitrogens with zero attached hydrogens (tertiary/aromatic N) is 2. The Balaban J connectivity index is 1.84. The second-order valence-corrected chi connectivity index (χ2v) is 6.66. The van der Waals surface area contributed by atoms with Crippen LogP contribution in [0.25, 0.3) is 0 Å². The third kappa shape index (κ3) is 3.60. The highest BCUT2D eigenvalue weighted by atomic mass is 16.5. The smallest absolute Gasteiger partial charge is 0.258 e. The van der Waals surface area contributed by atoms with Gasteiger partial charge < -0.3 is 19.3 Å². The number of hydrogen-bond acceptors (Lipinski definition) is 4. The minimum Gasteiger partial charge on any atom is -0.493 e. The van der Waals surface area contributed by atoms with E-state index in [1.165, 1.54) is 14.2 Å². The van der Waals surface area contributed by atoms with Crippen molar-refractivity contribution in [1.82, 2.24) is 4.90 Å². The van der Waals surface area contributed by atoms with Gasteiger partial charge >= 0.3 is 0 Å². The SMILES string of the molecule is COc1cccc(C(=O)N2CC(=O)N(c3ccc(C)cc3)C[C@@H]2C)c1OC. The minimum atomic E-state index is -0.241. The van der Waals surface area contributed by atoms with E-state index in [1.807, 2.05) is 38.1 Å². The lowest BCUT2D eigenvalue weighted by molar-refractivity contribution is -0.121. The zero-order valence-electron chi connectivity index (χ0n) is 16.1. The highest BCUT2D eigenvalue weighted by Gasteiger charge is 2.35. The van der Waals surface area contributed by atoms with Gasteiger partial charge in [0, 0.05) is 18.3 Å². The summed E-state index contributed by atoms with van der Waals surface area (Å²) in [6, 6.07) is 12.9. The number of hydrogen-bond donors (Lipinski definition) is 0. The van der Waals surface area contributed by atoms with E-state index in [1.54, 1.807) is 28.0 Å². The maximum Gasteiger partial charge on any atom is 0.258 e. The van der Waals surface area contributed by atoms with Crippen molar-refractivity contribution in [3.8, 4) is 11.5 Å². The number of methoxy groups -OCH3 is 2. The zero-order chi connectivity index (χ0) is 19.6. The van der Waals surface area contributed by atoms with Crippen LogP contribution in [-0.4, -0.2) is 50.1 Å². The van der Waals surface area contributed by atoms with Crippen molar-refractivity contribution in [1.29, 1.82) is 0 Å². The fourth-order valence-electron chi connectivity index (χ4n) is 3.31. The number of carbonyl (C=O) groups is 2. The van der Waals surface area contributed by atoms with E-state index in [2.05, 4.69) is 0 Å². The molecule has 1 aliphatic heterocycles. The van der Waals surface area contributed by atoms with E-state index in [4.69, 9.17) is 9.47 Å². The van der Waals surface area contributed by atoms with E-state index < -0.39 is 0 Å². The number of piperazine rings is 1. The van der Waals surface area contributed by atoms with Gasteiger partial charge in [-0.1, -0.05) is 23.8 Å². The molecule has 6 heteroatoms. The third-order valence-corrected chi connectivity index (χ3v) is 4.83. The molecule has 0 aliphatic carbocycles. The Morgan fingerprint density at radius 2 is 1.78 bits per heavy atom. The molecule has 1 heterocycles.